The molecule has 0 saturated heterocycles. The zero-order chi connectivity index (χ0) is 13.8. The smallest absolute Gasteiger partial charge is 0.289 e. The van der Waals surface area contributed by atoms with Crippen LogP contribution in [0, 0.1) is 0 Å². The number of nitrogens with one attached hydrogen (secondary N) is 2. The predicted molar refractivity (Wildman–Crippen MR) is 72.5 cm³/mol. The van der Waals surface area contributed by atoms with Crippen molar-refractivity contribution in [3.05, 3.63) is 41.2 Å². The summed E-state index contributed by atoms with van der Waals surface area (Å²) in [5, 5.41) is 8.94. The van der Waals surface area contributed by atoms with Crippen molar-refractivity contribution in [2.24, 2.45) is 0 Å². The molecular weight excluding hydrogens is 242 g/mol. The summed E-state index contributed by atoms with van der Waals surface area (Å²) in [5.41, 5.74) is 7.67. The summed E-state index contributed by atoms with van der Waals surface area (Å²) in [7, 11) is 0. The van der Waals surface area contributed by atoms with Gasteiger partial charge in [0.05, 0.1) is 6.04 Å². The minimum absolute atomic E-state index is 0.0603. The number of nitrogens with two attached hydrogens (primary N) is 1. The first-order valence-corrected chi connectivity index (χ1v) is 6.17. The molecule has 0 bridgehead atoms. The monoisotopic (exact) mass is 259 g/mol. The maximum atomic E-state index is 11.9. The molecule has 2 rings (SSSR count). The minimum Gasteiger partial charge on any atom is -0.366 e. The van der Waals surface area contributed by atoms with Gasteiger partial charge in [0.15, 0.2) is 0 Å². The number of hydrogen-bond acceptors (Lipinski definition) is 4. The van der Waals surface area contributed by atoms with E-state index < -0.39 is 0 Å². The van der Waals surface area contributed by atoms with Gasteiger partial charge in [-0.2, -0.15) is 4.98 Å². The summed E-state index contributed by atoms with van der Waals surface area (Å²) in [6, 6.07) is 8.04. The lowest BCUT2D eigenvalue weighted by atomic mass is 10.1. The van der Waals surface area contributed by atoms with E-state index in [1.165, 1.54) is 5.56 Å². The summed E-state index contributed by atoms with van der Waals surface area (Å²) >= 11 is 0. The van der Waals surface area contributed by atoms with Gasteiger partial charge in [0.25, 0.3) is 5.91 Å². The summed E-state index contributed by atoms with van der Waals surface area (Å²) < 4.78 is 0. The van der Waals surface area contributed by atoms with Crippen LogP contribution in [0.15, 0.2) is 24.3 Å². The first-order chi connectivity index (χ1) is 9.10. The molecular formula is C13H17N5O. The maximum absolute atomic E-state index is 11.9. The lowest BCUT2D eigenvalue weighted by Crippen LogP contribution is -2.27. The zero-order valence-corrected chi connectivity index (χ0v) is 11.0. The summed E-state index contributed by atoms with van der Waals surface area (Å²) in [4.78, 5) is 15.6. The van der Waals surface area contributed by atoms with Crippen molar-refractivity contribution in [2.45, 2.75) is 26.3 Å². The molecule has 0 aliphatic carbocycles. The Balaban J connectivity index is 2.03. The number of H-pyrrole nitrogens is 1. The number of anilines is 1. The van der Waals surface area contributed by atoms with Gasteiger partial charge in [0.1, 0.15) is 0 Å². The molecule has 0 aliphatic rings. The standard InChI is InChI=1S/C13H17N5O/c1-3-9-4-6-10(7-5-9)8(2)15-12(19)11-16-13(14)18-17-11/h4-8H,3H2,1-2H3,(H,15,19)(H3,14,16,17,18). The maximum Gasteiger partial charge on any atom is 0.289 e. The van der Waals surface area contributed by atoms with E-state index >= 15 is 0 Å². The number of hydrogen-bond donors (Lipinski definition) is 3. The highest BCUT2D eigenvalue weighted by atomic mass is 16.2. The number of benzene rings is 1. The highest BCUT2D eigenvalue weighted by Gasteiger charge is 2.14. The molecule has 1 aromatic carbocycles. The van der Waals surface area contributed by atoms with Gasteiger partial charge >= 0.3 is 0 Å². The summed E-state index contributed by atoms with van der Waals surface area (Å²) in [6.45, 7) is 4.02. The molecule has 19 heavy (non-hydrogen) atoms. The van der Waals surface area contributed by atoms with Crippen molar-refractivity contribution in [3.8, 4) is 0 Å². The number of amides is 1. The molecule has 1 unspecified atom stereocenters. The molecule has 0 aliphatic heterocycles. The Morgan fingerprint density at radius 1 is 1.42 bits per heavy atom. The van der Waals surface area contributed by atoms with Gasteiger partial charge in [-0.05, 0) is 24.5 Å². The fourth-order valence-corrected chi connectivity index (χ4v) is 1.77. The van der Waals surface area contributed by atoms with Gasteiger partial charge in [-0.1, -0.05) is 31.2 Å². The number of aromatic nitrogens is 3. The molecule has 6 nitrogen and oxygen atoms in total. The average Bonchev–Trinajstić information content (AvgIpc) is 2.85. The average molecular weight is 259 g/mol. The lowest BCUT2D eigenvalue weighted by Gasteiger charge is -2.13. The van der Waals surface area contributed by atoms with Crippen LogP contribution in [0.4, 0.5) is 5.95 Å². The van der Waals surface area contributed by atoms with Crippen LogP contribution in [0.3, 0.4) is 0 Å². The number of rotatable bonds is 4. The Bertz CT molecular complexity index is 561. The molecule has 1 aromatic heterocycles. The van der Waals surface area contributed by atoms with Crippen LogP contribution < -0.4 is 11.1 Å². The molecule has 0 spiro atoms. The van der Waals surface area contributed by atoms with Crippen LogP contribution >= 0.6 is 0 Å². The molecule has 0 saturated carbocycles. The number of carbonyl (C=O) groups excluding carboxylic acids is 1. The van der Waals surface area contributed by atoms with Crippen molar-refractivity contribution < 1.29 is 4.79 Å². The van der Waals surface area contributed by atoms with E-state index in [2.05, 4.69) is 39.6 Å². The van der Waals surface area contributed by atoms with E-state index in [0.29, 0.717) is 0 Å². The quantitative estimate of drug-likeness (QED) is 0.774. The second-order valence-electron chi connectivity index (χ2n) is 4.33. The van der Waals surface area contributed by atoms with Gasteiger partial charge in [-0.15, -0.1) is 5.10 Å². The molecule has 100 valence electrons. The van der Waals surface area contributed by atoms with E-state index in [1.54, 1.807) is 0 Å². The topological polar surface area (TPSA) is 96.7 Å². The molecule has 6 heteroatoms. The van der Waals surface area contributed by atoms with Crippen LogP contribution in [0.25, 0.3) is 0 Å². The normalized spacial score (nSPS) is 12.1. The van der Waals surface area contributed by atoms with Crippen LogP contribution in [0.5, 0.6) is 0 Å². The van der Waals surface area contributed by atoms with E-state index in [-0.39, 0.29) is 23.7 Å². The molecule has 1 heterocycles. The van der Waals surface area contributed by atoms with Crippen molar-refractivity contribution in [1.29, 1.82) is 0 Å². The number of carbonyl (C=O) groups is 1. The predicted octanol–water partition coefficient (Wildman–Crippen LogP) is 1.44. The van der Waals surface area contributed by atoms with E-state index in [4.69, 9.17) is 5.73 Å². The van der Waals surface area contributed by atoms with Gasteiger partial charge < -0.3 is 11.1 Å². The SMILES string of the molecule is CCc1ccc(C(C)NC(=O)c2nc(N)n[nH]2)cc1. The third-order valence-corrected chi connectivity index (χ3v) is 2.95. The lowest BCUT2D eigenvalue weighted by molar-refractivity contribution is 0.0930. The molecule has 4 N–H and O–H groups in total. The first-order valence-electron chi connectivity index (χ1n) is 6.17. The van der Waals surface area contributed by atoms with Gasteiger partial charge in [-0.3, -0.25) is 9.89 Å². The van der Waals surface area contributed by atoms with Gasteiger partial charge in [-0.25, -0.2) is 0 Å². The molecule has 0 fully saturated rings. The van der Waals surface area contributed by atoms with Crippen LogP contribution in [0.1, 0.15) is 41.6 Å². The molecule has 1 atom stereocenters. The van der Waals surface area contributed by atoms with Crippen molar-refractivity contribution in [1.82, 2.24) is 20.5 Å². The highest BCUT2D eigenvalue weighted by molar-refractivity contribution is 5.90. The van der Waals surface area contributed by atoms with Crippen LogP contribution in [0.2, 0.25) is 0 Å². The van der Waals surface area contributed by atoms with Crippen molar-refractivity contribution >= 4 is 11.9 Å². The van der Waals surface area contributed by atoms with E-state index in [9.17, 15) is 4.79 Å². The number of nitrogens with zero attached hydrogens (tertiary/aromatic N) is 2. The zero-order valence-electron chi connectivity index (χ0n) is 11.0. The third-order valence-electron chi connectivity index (χ3n) is 2.95. The van der Waals surface area contributed by atoms with Crippen molar-refractivity contribution in [2.75, 3.05) is 5.73 Å². The second-order valence-corrected chi connectivity index (χ2v) is 4.33. The Morgan fingerprint density at radius 2 is 2.11 bits per heavy atom. The summed E-state index contributed by atoms with van der Waals surface area (Å²) in [5.74, 6) is -0.143. The Labute approximate surface area is 111 Å². The van der Waals surface area contributed by atoms with Gasteiger partial charge in [0.2, 0.25) is 11.8 Å². The van der Waals surface area contributed by atoms with E-state index in [0.717, 1.165) is 12.0 Å². The third kappa shape index (κ3) is 3.09. The van der Waals surface area contributed by atoms with E-state index in [1.807, 2.05) is 19.1 Å². The summed E-state index contributed by atoms with van der Waals surface area (Å²) in [6.07, 6.45) is 0.998. The van der Waals surface area contributed by atoms with Crippen LogP contribution in [-0.4, -0.2) is 21.1 Å². The second kappa shape index (κ2) is 5.51. The molecule has 1 amide bonds. The fourth-order valence-electron chi connectivity index (χ4n) is 1.77. The largest absolute Gasteiger partial charge is 0.366 e. The fraction of sp³-hybridized carbons (Fsp3) is 0.308. The molecule has 0 radical (unpaired) electrons. The van der Waals surface area contributed by atoms with Gasteiger partial charge in [0, 0.05) is 0 Å². The number of aromatic amines is 1. The van der Waals surface area contributed by atoms with Crippen LogP contribution in [-0.2, 0) is 6.42 Å². The Morgan fingerprint density at radius 3 is 2.63 bits per heavy atom. The Kier molecular flexibility index (Phi) is 3.79. The molecule has 2 aromatic rings. The highest BCUT2D eigenvalue weighted by Crippen LogP contribution is 2.14. The number of nitrogen functional groups attached to an aromatic ring is 1. The minimum atomic E-state index is -0.323. The first kappa shape index (κ1) is 13.1. The Hall–Kier alpha value is -2.37. The van der Waals surface area contributed by atoms with Crippen molar-refractivity contribution in [3.63, 3.8) is 0 Å². The number of aryl methyl sites for hydroxylation is 1.